The number of carbonyl (C=O) groups excluding carboxylic acids is 2. The molecule has 1 fully saturated rings. The SMILES string of the molecule is CCOC(=O)[C@H]1CCC[NH+](CC(=O)N(C)Cc2ccc(-c3ccc(Cl)cc3)o2)C1. The predicted octanol–water partition coefficient (Wildman–Crippen LogP) is 2.42. The number of rotatable bonds is 7. The van der Waals surface area contributed by atoms with Crippen molar-refractivity contribution in [3.63, 3.8) is 0 Å². The van der Waals surface area contributed by atoms with E-state index in [4.69, 9.17) is 20.8 Å². The summed E-state index contributed by atoms with van der Waals surface area (Å²) in [5.74, 6) is 1.26. The fourth-order valence-corrected chi connectivity index (χ4v) is 3.80. The molecule has 1 N–H and O–H groups in total. The second-order valence-corrected chi connectivity index (χ2v) is 7.93. The van der Waals surface area contributed by atoms with E-state index in [2.05, 4.69) is 0 Å². The smallest absolute Gasteiger partial charge is 0.314 e. The first kappa shape index (κ1) is 21.4. The molecule has 3 rings (SSSR count). The van der Waals surface area contributed by atoms with Gasteiger partial charge in [0.25, 0.3) is 5.91 Å². The summed E-state index contributed by atoms with van der Waals surface area (Å²) >= 11 is 5.93. The molecule has 29 heavy (non-hydrogen) atoms. The van der Waals surface area contributed by atoms with Crippen molar-refractivity contribution < 1.29 is 23.6 Å². The van der Waals surface area contributed by atoms with Crippen LogP contribution in [0.15, 0.2) is 40.8 Å². The maximum Gasteiger partial charge on any atom is 0.314 e. The summed E-state index contributed by atoms with van der Waals surface area (Å²) in [6, 6.07) is 11.2. The van der Waals surface area contributed by atoms with Crippen molar-refractivity contribution in [1.82, 2.24) is 4.90 Å². The Bertz CT molecular complexity index is 834. The first-order valence-electron chi connectivity index (χ1n) is 10.0. The molecule has 1 unspecified atom stereocenters. The Morgan fingerprint density at radius 3 is 2.72 bits per heavy atom. The van der Waals surface area contributed by atoms with Crippen molar-refractivity contribution in [3.05, 3.63) is 47.2 Å². The first-order chi connectivity index (χ1) is 14.0. The number of halogens is 1. The maximum atomic E-state index is 12.7. The number of benzene rings is 1. The summed E-state index contributed by atoms with van der Waals surface area (Å²) in [5, 5.41) is 0.677. The van der Waals surface area contributed by atoms with E-state index < -0.39 is 0 Å². The lowest BCUT2D eigenvalue weighted by molar-refractivity contribution is -0.899. The van der Waals surface area contributed by atoms with Gasteiger partial charge in [-0.1, -0.05) is 11.6 Å². The van der Waals surface area contributed by atoms with Gasteiger partial charge in [0.15, 0.2) is 6.54 Å². The van der Waals surface area contributed by atoms with Crippen LogP contribution in [0.3, 0.4) is 0 Å². The largest absolute Gasteiger partial charge is 0.466 e. The second kappa shape index (κ2) is 9.94. The summed E-state index contributed by atoms with van der Waals surface area (Å²) in [6.45, 7) is 4.54. The molecule has 0 spiro atoms. The molecule has 1 aliphatic heterocycles. The van der Waals surface area contributed by atoms with Crippen molar-refractivity contribution in [2.75, 3.05) is 33.3 Å². The Balaban J connectivity index is 1.53. The molecule has 1 aliphatic rings. The Morgan fingerprint density at radius 2 is 2.00 bits per heavy atom. The van der Waals surface area contributed by atoms with Crippen LogP contribution in [0.5, 0.6) is 0 Å². The van der Waals surface area contributed by atoms with Gasteiger partial charge in [0.2, 0.25) is 0 Å². The van der Waals surface area contributed by atoms with Crippen molar-refractivity contribution in [3.8, 4) is 11.3 Å². The van der Waals surface area contributed by atoms with Crippen molar-refractivity contribution in [1.29, 1.82) is 0 Å². The van der Waals surface area contributed by atoms with Crippen LogP contribution in [-0.2, 0) is 20.9 Å². The number of likely N-dealkylation sites (N-methyl/N-ethyl adjacent to an activating group) is 1. The topological polar surface area (TPSA) is 64.2 Å². The van der Waals surface area contributed by atoms with Crippen LogP contribution < -0.4 is 4.90 Å². The molecule has 0 bridgehead atoms. The van der Waals surface area contributed by atoms with Crippen LogP contribution in [0, 0.1) is 5.92 Å². The molecular formula is C22H28ClN2O4+. The number of likely N-dealkylation sites (tertiary alicyclic amines) is 1. The van der Waals surface area contributed by atoms with Gasteiger partial charge < -0.3 is 19.0 Å². The van der Waals surface area contributed by atoms with Gasteiger partial charge in [0, 0.05) is 17.6 Å². The number of nitrogens with one attached hydrogen (secondary N) is 1. The van der Waals surface area contributed by atoms with Crippen LogP contribution >= 0.6 is 11.6 Å². The van der Waals surface area contributed by atoms with Crippen LogP contribution in [0.1, 0.15) is 25.5 Å². The molecular weight excluding hydrogens is 392 g/mol. The highest BCUT2D eigenvalue weighted by Crippen LogP contribution is 2.24. The quantitative estimate of drug-likeness (QED) is 0.700. The maximum absolute atomic E-state index is 12.7. The van der Waals surface area contributed by atoms with Crippen LogP contribution in [0.4, 0.5) is 0 Å². The standard InChI is InChI=1S/C22H27ClN2O4/c1-3-28-22(27)17-5-4-12-25(13-17)15-21(26)24(2)14-19-10-11-20(29-19)16-6-8-18(23)9-7-16/h6-11,17H,3-5,12-15H2,1-2H3/p+1/t17-/m0/s1. The molecule has 2 atom stereocenters. The molecule has 0 aliphatic carbocycles. The summed E-state index contributed by atoms with van der Waals surface area (Å²) in [4.78, 5) is 27.5. The van der Waals surface area contributed by atoms with Gasteiger partial charge in [0.1, 0.15) is 17.4 Å². The number of esters is 1. The summed E-state index contributed by atoms with van der Waals surface area (Å²) in [7, 11) is 1.78. The average Bonchev–Trinajstić information content (AvgIpc) is 3.17. The van der Waals surface area contributed by atoms with E-state index in [1.165, 1.54) is 0 Å². The summed E-state index contributed by atoms with van der Waals surface area (Å²) in [6.07, 6.45) is 1.77. The van der Waals surface area contributed by atoms with E-state index in [0.29, 0.717) is 31.3 Å². The van der Waals surface area contributed by atoms with Gasteiger partial charge in [-0.15, -0.1) is 0 Å². The zero-order chi connectivity index (χ0) is 20.8. The van der Waals surface area contributed by atoms with Gasteiger partial charge in [-0.05, 0) is 56.2 Å². The van der Waals surface area contributed by atoms with Crippen molar-refractivity contribution in [2.45, 2.75) is 26.3 Å². The lowest BCUT2D eigenvalue weighted by Crippen LogP contribution is -3.14. The molecule has 1 amide bonds. The molecule has 6 nitrogen and oxygen atoms in total. The second-order valence-electron chi connectivity index (χ2n) is 7.49. The van der Waals surface area contributed by atoms with Crippen molar-refractivity contribution >= 4 is 23.5 Å². The Kier molecular flexibility index (Phi) is 7.34. The minimum Gasteiger partial charge on any atom is -0.466 e. The zero-order valence-corrected chi connectivity index (χ0v) is 17.7. The highest BCUT2D eigenvalue weighted by atomic mass is 35.5. The first-order valence-corrected chi connectivity index (χ1v) is 10.4. The number of ether oxygens (including phenoxy) is 1. The van der Waals surface area contributed by atoms with Crippen LogP contribution in [0.25, 0.3) is 11.3 Å². The number of quaternary nitrogens is 1. The van der Waals surface area contributed by atoms with Gasteiger partial charge in [-0.3, -0.25) is 9.59 Å². The molecule has 1 aromatic carbocycles. The fraction of sp³-hybridized carbons (Fsp3) is 0.455. The van der Waals surface area contributed by atoms with E-state index in [0.717, 1.165) is 41.4 Å². The molecule has 2 aromatic rings. The Morgan fingerprint density at radius 1 is 1.24 bits per heavy atom. The minimum absolute atomic E-state index is 0.0361. The van der Waals surface area contributed by atoms with E-state index in [9.17, 15) is 9.59 Å². The summed E-state index contributed by atoms with van der Waals surface area (Å²) in [5.41, 5.74) is 0.942. The third kappa shape index (κ3) is 5.84. The zero-order valence-electron chi connectivity index (χ0n) is 16.9. The molecule has 1 aromatic heterocycles. The molecule has 7 heteroatoms. The number of furan rings is 1. The molecule has 2 heterocycles. The highest BCUT2D eigenvalue weighted by Gasteiger charge is 2.31. The average molecular weight is 420 g/mol. The van der Waals surface area contributed by atoms with E-state index in [1.807, 2.05) is 43.3 Å². The number of piperidine rings is 1. The van der Waals surface area contributed by atoms with Gasteiger partial charge >= 0.3 is 5.97 Å². The third-order valence-corrected chi connectivity index (χ3v) is 5.50. The number of amides is 1. The van der Waals surface area contributed by atoms with Gasteiger partial charge in [-0.2, -0.15) is 0 Å². The minimum atomic E-state index is -0.143. The van der Waals surface area contributed by atoms with E-state index >= 15 is 0 Å². The van der Waals surface area contributed by atoms with E-state index in [1.54, 1.807) is 11.9 Å². The molecule has 0 radical (unpaired) electrons. The van der Waals surface area contributed by atoms with E-state index in [-0.39, 0.29) is 17.8 Å². The number of hydrogen-bond donors (Lipinski definition) is 1. The molecule has 156 valence electrons. The lowest BCUT2D eigenvalue weighted by atomic mass is 9.98. The van der Waals surface area contributed by atoms with Crippen LogP contribution in [-0.4, -0.2) is 50.1 Å². The number of carbonyl (C=O) groups is 2. The Labute approximate surface area is 176 Å². The normalized spacial score (nSPS) is 19.0. The van der Waals surface area contributed by atoms with Gasteiger partial charge in [0.05, 0.1) is 26.2 Å². The number of hydrogen-bond acceptors (Lipinski definition) is 4. The van der Waals surface area contributed by atoms with Gasteiger partial charge in [-0.25, -0.2) is 0 Å². The van der Waals surface area contributed by atoms with Crippen LogP contribution in [0.2, 0.25) is 5.02 Å². The third-order valence-electron chi connectivity index (χ3n) is 5.25. The van der Waals surface area contributed by atoms with Crippen molar-refractivity contribution in [2.24, 2.45) is 5.92 Å². The predicted molar refractivity (Wildman–Crippen MR) is 111 cm³/mol. The monoisotopic (exact) mass is 419 g/mol. The fourth-order valence-electron chi connectivity index (χ4n) is 3.68. The molecule has 0 saturated carbocycles. The Hall–Kier alpha value is -2.31. The summed E-state index contributed by atoms with van der Waals surface area (Å²) < 4.78 is 11.0. The lowest BCUT2D eigenvalue weighted by Gasteiger charge is -2.29. The molecule has 1 saturated heterocycles. The highest BCUT2D eigenvalue weighted by molar-refractivity contribution is 6.30. The number of nitrogens with zero attached hydrogens (tertiary/aromatic N) is 1.